The number of nitrogen functional groups attached to an aromatic ring is 1. The molecule has 1 aliphatic heterocycles. The summed E-state index contributed by atoms with van der Waals surface area (Å²) in [6, 6.07) is 2.40. The predicted octanol–water partition coefficient (Wildman–Crippen LogP) is 8.31. The molecular formula is C40H58N4O3S. The highest BCUT2D eigenvalue weighted by atomic mass is 32.1. The van der Waals surface area contributed by atoms with Crippen molar-refractivity contribution in [2.75, 3.05) is 32.0 Å². The van der Waals surface area contributed by atoms with Gasteiger partial charge in [-0.05, 0) is 120 Å². The molecule has 262 valence electrons. The van der Waals surface area contributed by atoms with Gasteiger partial charge in [0.15, 0.2) is 0 Å². The van der Waals surface area contributed by atoms with Crippen molar-refractivity contribution < 1.29 is 14.6 Å². The zero-order chi connectivity index (χ0) is 34.1. The van der Waals surface area contributed by atoms with Gasteiger partial charge in [-0.3, -0.25) is 14.8 Å². The molecule has 48 heavy (non-hydrogen) atoms. The summed E-state index contributed by atoms with van der Waals surface area (Å²) in [7, 11) is 0. The Kier molecular flexibility index (Phi) is 7.34. The molecular weight excluding hydrogens is 617 g/mol. The number of aromatic nitrogens is 2. The number of ether oxygens (including phenoxy) is 1. The van der Waals surface area contributed by atoms with Crippen LogP contribution in [0.1, 0.15) is 122 Å². The molecule has 0 bridgehead atoms. The van der Waals surface area contributed by atoms with E-state index in [-0.39, 0.29) is 33.0 Å². The van der Waals surface area contributed by atoms with E-state index in [9.17, 15) is 9.90 Å². The summed E-state index contributed by atoms with van der Waals surface area (Å²) in [6.45, 7) is 21.9. The largest absolute Gasteiger partial charge is 0.481 e. The van der Waals surface area contributed by atoms with E-state index in [2.05, 4.69) is 75.0 Å². The lowest BCUT2D eigenvalue weighted by Gasteiger charge is -2.71. The maximum Gasteiger partial charge on any atom is 0.310 e. The van der Waals surface area contributed by atoms with Crippen LogP contribution in [0.3, 0.4) is 0 Å². The number of morpholine rings is 1. The lowest BCUT2D eigenvalue weighted by atomic mass is 9.33. The molecule has 1 saturated heterocycles. The third-order valence-corrected chi connectivity index (χ3v) is 16.8. The number of nitrogens with one attached hydrogen (secondary N) is 1. The zero-order valence-corrected chi connectivity index (χ0v) is 31.2. The SMILES string of the molecule is CC1(C)CCC2(C(=O)O)CCC3(C)C(=C(c4ccsc4CN4CCOCC4)CC4C5(C)Cc6c(N)n[nH]c6C(C)(C)C5CCC43C)C2C1. The number of hydrogen-bond acceptors (Lipinski definition) is 6. The second kappa shape index (κ2) is 10.7. The normalized spacial score (nSPS) is 40.3. The molecule has 0 spiro atoms. The first kappa shape index (κ1) is 33.0. The third-order valence-electron chi connectivity index (χ3n) is 15.9. The van der Waals surface area contributed by atoms with E-state index in [0.29, 0.717) is 17.7 Å². The Morgan fingerprint density at radius 3 is 2.52 bits per heavy atom. The molecule has 2 aromatic heterocycles. The summed E-state index contributed by atoms with van der Waals surface area (Å²) in [5.74, 6) is 1.12. The van der Waals surface area contributed by atoms with E-state index in [0.717, 1.165) is 77.8 Å². The van der Waals surface area contributed by atoms with Crippen LogP contribution in [-0.2, 0) is 27.9 Å². The average molecular weight is 675 g/mol. The molecule has 7 unspecified atom stereocenters. The second-order valence-electron chi connectivity index (χ2n) is 18.9. The first-order valence-corrected chi connectivity index (χ1v) is 19.6. The van der Waals surface area contributed by atoms with Gasteiger partial charge in [0.25, 0.3) is 0 Å². The Bertz CT molecular complexity index is 1670. The molecule has 0 radical (unpaired) electrons. The van der Waals surface area contributed by atoms with Crippen molar-refractivity contribution in [1.29, 1.82) is 0 Å². The molecule has 5 aliphatic carbocycles. The predicted molar refractivity (Wildman–Crippen MR) is 193 cm³/mol. The number of nitrogens with zero attached hydrogens (tertiary/aromatic N) is 2. The Morgan fingerprint density at radius 1 is 1.06 bits per heavy atom. The fourth-order valence-corrected chi connectivity index (χ4v) is 14.1. The van der Waals surface area contributed by atoms with Gasteiger partial charge in [0.2, 0.25) is 0 Å². The lowest BCUT2D eigenvalue weighted by molar-refractivity contribution is -0.175. The van der Waals surface area contributed by atoms with Gasteiger partial charge in [-0.25, -0.2) is 0 Å². The van der Waals surface area contributed by atoms with Crippen molar-refractivity contribution in [2.24, 2.45) is 44.8 Å². The minimum absolute atomic E-state index is 0.0366. The number of carbonyl (C=O) groups is 1. The summed E-state index contributed by atoms with van der Waals surface area (Å²) in [5.41, 5.74) is 12.9. The molecule has 7 atom stereocenters. The average Bonchev–Trinajstić information content (AvgIpc) is 3.63. The van der Waals surface area contributed by atoms with Gasteiger partial charge in [0, 0.05) is 41.2 Å². The second-order valence-corrected chi connectivity index (χ2v) is 19.9. The van der Waals surface area contributed by atoms with Gasteiger partial charge in [0.1, 0.15) is 5.82 Å². The van der Waals surface area contributed by atoms with E-state index >= 15 is 0 Å². The number of aromatic amines is 1. The number of hydrogen-bond donors (Lipinski definition) is 3. The summed E-state index contributed by atoms with van der Waals surface area (Å²) in [6.07, 6.45) is 8.78. The Balaban J connectivity index is 1.35. The monoisotopic (exact) mass is 674 g/mol. The highest BCUT2D eigenvalue weighted by molar-refractivity contribution is 7.10. The van der Waals surface area contributed by atoms with E-state index in [4.69, 9.17) is 10.5 Å². The van der Waals surface area contributed by atoms with Crippen LogP contribution in [0, 0.1) is 44.8 Å². The molecule has 2 aromatic rings. The summed E-state index contributed by atoms with van der Waals surface area (Å²) in [5, 5.41) is 21.4. The van der Waals surface area contributed by atoms with Crippen molar-refractivity contribution in [3.05, 3.63) is 38.7 Å². The fraction of sp³-hybridized carbons (Fsp3) is 0.750. The summed E-state index contributed by atoms with van der Waals surface area (Å²) < 4.78 is 5.72. The molecule has 4 fully saturated rings. The lowest BCUT2D eigenvalue weighted by Crippen LogP contribution is -2.65. The van der Waals surface area contributed by atoms with Crippen LogP contribution >= 0.6 is 11.3 Å². The number of rotatable bonds is 4. The minimum atomic E-state index is -0.673. The maximum absolute atomic E-state index is 13.6. The topological polar surface area (TPSA) is 104 Å². The smallest absolute Gasteiger partial charge is 0.310 e. The first-order chi connectivity index (χ1) is 22.6. The molecule has 3 saturated carbocycles. The van der Waals surface area contributed by atoms with Gasteiger partial charge in [0.05, 0.1) is 18.6 Å². The van der Waals surface area contributed by atoms with Crippen LogP contribution < -0.4 is 5.73 Å². The third kappa shape index (κ3) is 4.36. The number of carboxylic acid groups (broad SMARTS) is 1. The number of aliphatic carboxylic acids is 1. The van der Waals surface area contributed by atoms with Gasteiger partial charge in [-0.15, -0.1) is 11.3 Å². The van der Waals surface area contributed by atoms with Crippen molar-refractivity contribution in [3.8, 4) is 0 Å². The highest BCUT2D eigenvalue weighted by Gasteiger charge is 2.70. The fourth-order valence-electron chi connectivity index (χ4n) is 13.1. The maximum atomic E-state index is 13.6. The van der Waals surface area contributed by atoms with Crippen molar-refractivity contribution >= 4 is 28.7 Å². The van der Waals surface area contributed by atoms with Crippen molar-refractivity contribution in [2.45, 2.75) is 118 Å². The zero-order valence-electron chi connectivity index (χ0n) is 30.4. The van der Waals surface area contributed by atoms with E-state index in [1.165, 1.54) is 45.7 Å². The molecule has 0 aromatic carbocycles. The van der Waals surface area contributed by atoms with Gasteiger partial charge >= 0.3 is 5.97 Å². The van der Waals surface area contributed by atoms with E-state index in [1.54, 1.807) is 0 Å². The van der Waals surface area contributed by atoms with Crippen LogP contribution in [0.4, 0.5) is 5.82 Å². The number of carboxylic acids is 1. The minimum Gasteiger partial charge on any atom is -0.481 e. The van der Waals surface area contributed by atoms with Gasteiger partial charge in [-0.1, -0.05) is 54.0 Å². The summed E-state index contributed by atoms with van der Waals surface area (Å²) in [4.78, 5) is 17.5. The van der Waals surface area contributed by atoms with E-state index < -0.39 is 11.4 Å². The Labute approximate surface area is 291 Å². The number of nitrogens with two attached hydrogens (primary N) is 1. The first-order valence-electron chi connectivity index (χ1n) is 18.7. The summed E-state index contributed by atoms with van der Waals surface area (Å²) >= 11 is 1.89. The Morgan fingerprint density at radius 2 is 1.79 bits per heavy atom. The van der Waals surface area contributed by atoms with E-state index in [1.807, 2.05) is 11.3 Å². The van der Waals surface area contributed by atoms with Gasteiger partial charge in [-0.2, -0.15) is 5.10 Å². The highest BCUT2D eigenvalue weighted by Crippen LogP contribution is 2.77. The molecule has 7 nitrogen and oxygen atoms in total. The Hall–Kier alpha value is -2.16. The number of anilines is 1. The molecule has 0 amide bonds. The van der Waals surface area contributed by atoms with Crippen LogP contribution in [0.5, 0.6) is 0 Å². The van der Waals surface area contributed by atoms with Gasteiger partial charge < -0.3 is 15.6 Å². The quantitative estimate of drug-likeness (QED) is 0.301. The van der Waals surface area contributed by atoms with Crippen LogP contribution in [0.2, 0.25) is 0 Å². The van der Waals surface area contributed by atoms with Crippen LogP contribution in [0.15, 0.2) is 17.0 Å². The number of H-pyrrole nitrogens is 1. The van der Waals surface area contributed by atoms with Crippen LogP contribution in [0.25, 0.3) is 5.57 Å². The molecule has 8 rings (SSSR count). The number of fused-ring (bicyclic) bond motifs is 8. The molecule has 8 heteroatoms. The molecule has 6 aliphatic rings. The van der Waals surface area contributed by atoms with Crippen molar-refractivity contribution in [3.63, 3.8) is 0 Å². The standard InChI is InChI=1S/C40H58N4O3S/c1-35(2)11-13-40(34(45)46)14-12-39(7)31(27(40)22-35)25(24-9-19-48-28(24)23-44-15-17-47-18-16-44)20-30-37(5)21-26-32(42-43-33(26)41)36(3,4)29(37)8-10-38(30,39)6/h9,19,27,29-30H,8,10-18,20-23H2,1-7H3,(H,45,46)(H3,41,42,43). The number of allylic oxidation sites excluding steroid dienone is 2. The molecule has 4 N–H and O–H groups in total. The molecule has 3 heterocycles. The van der Waals surface area contributed by atoms with Crippen molar-refractivity contribution in [1.82, 2.24) is 15.1 Å². The van der Waals surface area contributed by atoms with Crippen LogP contribution in [-0.4, -0.2) is 52.5 Å². The number of thiophene rings is 1.